The lowest BCUT2D eigenvalue weighted by atomic mass is 9.69. The smallest absolute Gasteiger partial charge is 0.223 e. The van der Waals surface area contributed by atoms with Gasteiger partial charge in [-0.15, -0.1) is 0 Å². The molecule has 1 amide bonds. The van der Waals surface area contributed by atoms with Crippen molar-refractivity contribution in [2.75, 3.05) is 0 Å². The van der Waals surface area contributed by atoms with Gasteiger partial charge in [0.15, 0.2) is 0 Å². The van der Waals surface area contributed by atoms with Crippen molar-refractivity contribution in [1.29, 1.82) is 0 Å². The second-order valence-corrected chi connectivity index (χ2v) is 8.11. The lowest BCUT2D eigenvalue weighted by molar-refractivity contribution is -0.127. The zero-order chi connectivity index (χ0) is 14.9. The average Bonchev–Trinajstić information content (AvgIpc) is 3.18. The highest BCUT2D eigenvalue weighted by atomic mass is 32.1. The fourth-order valence-corrected chi connectivity index (χ4v) is 3.59. The van der Waals surface area contributed by atoms with E-state index in [0.717, 1.165) is 44.4 Å². The van der Waals surface area contributed by atoms with Crippen LogP contribution in [0.1, 0.15) is 59.3 Å². The molecule has 3 N–H and O–H groups in total. The van der Waals surface area contributed by atoms with Gasteiger partial charge in [-0.2, -0.15) is 0 Å². The van der Waals surface area contributed by atoms with Crippen molar-refractivity contribution >= 4 is 23.1 Å². The molecular weight excluding hydrogens is 268 g/mol. The van der Waals surface area contributed by atoms with Crippen LogP contribution in [0, 0.1) is 23.2 Å². The topological polar surface area (TPSA) is 55.1 Å². The van der Waals surface area contributed by atoms with E-state index in [2.05, 4.69) is 26.1 Å². The zero-order valence-corrected chi connectivity index (χ0v) is 13.8. The van der Waals surface area contributed by atoms with Gasteiger partial charge in [-0.3, -0.25) is 4.79 Å². The summed E-state index contributed by atoms with van der Waals surface area (Å²) in [5, 5.41) is 3.10. The summed E-state index contributed by atoms with van der Waals surface area (Å²) in [6, 6.07) is -0.0714. The van der Waals surface area contributed by atoms with E-state index in [0.29, 0.717) is 16.3 Å². The van der Waals surface area contributed by atoms with E-state index in [1.807, 2.05) is 0 Å². The highest BCUT2D eigenvalue weighted by Gasteiger charge is 2.37. The molecule has 20 heavy (non-hydrogen) atoms. The Kier molecular flexibility index (Phi) is 4.73. The maximum Gasteiger partial charge on any atom is 0.223 e. The first kappa shape index (κ1) is 15.7. The lowest BCUT2D eigenvalue weighted by Crippen LogP contribution is -2.47. The summed E-state index contributed by atoms with van der Waals surface area (Å²) < 4.78 is 0. The molecule has 1 atom stereocenters. The van der Waals surface area contributed by atoms with Gasteiger partial charge >= 0.3 is 0 Å². The van der Waals surface area contributed by atoms with Crippen molar-refractivity contribution in [2.45, 2.75) is 65.3 Å². The average molecular weight is 296 g/mol. The van der Waals surface area contributed by atoms with Crippen LogP contribution in [0.25, 0.3) is 0 Å². The molecule has 0 spiro atoms. The fourth-order valence-electron chi connectivity index (χ4n) is 3.34. The van der Waals surface area contributed by atoms with Crippen LogP contribution in [0.15, 0.2) is 0 Å². The maximum atomic E-state index is 12.4. The molecule has 0 bridgehead atoms. The van der Waals surface area contributed by atoms with Gasteiger partial charge in [0.2, 0.25) is 5.91 Å². The maximum absolute atomic E-state index is 12.4. The predicted octanol–water partition coefficient (Wildman–Crippen LogP) is 3.02. The summed E-state index contributed by atoms with van der Waals surface area (Å²) in [7, 11) is 0. The summed E-state index contributed by atoms with van der Waals surface area (Å²) >= 11 is 5.08. The van der Waals surface area contributed by atoms with E-state index in [-0.39, 0.29) is 17.9 Å². The van der Waals surface area contributed by atoms with Crippen LogP contribution < -0.4 is 11.1 Å². The van der Waals surface area contributed by atoms with E-state index in [4.69, 9.17) is 18.0 Å². The zero-order valence-electron chi connectivity index (χ0n) is 12.9. The number of hydrogen-bond acceptors (Lipinski definition) is 2. The molecule has 3 nitrogen and oxygen atoms in total. The molecule has 0 aromatic carbocycles. The summed E-state index contributed by atoms with van der Waals surface area (Å²) in [5.41, 5.74) is 6.11. The molecule has 2 aliphatic carbocycles. The fraction of sp³-hybridized carbons (Fsp3) is 0.875. The number of carbonyl (C=O) groups is 1. The quantitative estimate of drug-likeness (QED) is 0.784. The number of carbonyl (C=O) groups excluding carboxylic acids is 1. The molecule has 0 aromatic rings. The largest absolute Gasteiger partial charge is 0.392 e. The Morgan fingerprint density at radius 1 is 1.15 bits per heavy atom. The molecule has 0 heterocycles. The Morgan fingerprint density at radius 3 is 2.10 bits per heavy atom. The van der Waals surface area contributed by atoms with Crippen LogP contribution in [-0.4, -0.2) is 16.9 Å². The first-order valence-electron chi connectivity index (χ1n) is 7.88. The molecule has 2 saturated carbocycles. The van der Waals surface area contributed by atoms with Crippen LogP contribution in [0.4, 0.5) is 0 Å². The first-order chi connectivity index (χ1) is 9.29. The predicted molar refractivity (Wildman–Crippen MR) is 86.3 cm³/mol. The van der Waals surface area contributed by atoms with Crippen LogP contribution in [0.2, 0.25) is 0 Å². The summed E-state index contributed by atoms with van der Waals surface area (Å²) in [4.78, 5) is 12.8. The number of nitrogens with one attached hydrogen (secondary N) is 1. The third-order valence-corrected chi connectivity index (χ3v) is 5.27. The second-order valence-electron chi connectivity index (χ2n) is 7.64. The molecule has 2 aliphatic rings. The highest BCUT2D eigenvalue weighted by Crippen LogP contribution is 2.40. The van der Waals surface area contributed by atoms with E-state index in [1.165, 1.54) is 0 Å². The SMILES string of the molecule is CC(C)(C)C1CCC(C(=O)NC(C(N)=S)C2CC2)CC1. The van der Waals surface area contributed by atoms with E-state index in [9.17, 15) is 4.79 Å². The minimum absolute atomic E-state index is 0.0714. The minimum atomic E-state index is -0.0714. The van der Waals surface area contributed by atoms with Crippen LogP contribution >= 0.6 is 12.2 Å². The number of rotatable bonds is 4. The normalized spacial score (nSPS) is 28.8. The Bertz CT molecular complexity index is 376. The number of hydrogen-bond donors (Lipinski definition) is 2. The van der Waals surface area contributed by atoms with Crippen molar-refractivity contribution in [2.24, 2.45) is 28.9 Å². The monoisotopic (exact) mass is 296 g/mol. The van der Waals surface area contributed by atoms with E-state index >= 15 is 0 Å². The molecule has 0 radical (unpaired) electrons. The first-order valence-corrected chi connectivity index (χ1v) is 8.29. The molecule has 4 heteroatoms. The Morgan fingerprint density at radius 2 is 1.70 bits per heavy atom. The van der Waals surface area contributed by atoms with Crippen molar-refractivity contribution in [3.05, 3.63) is 0 Å². The van der Waals surface area contributed by atoms with Crippen LogP contribution in [0.3, 0.4) is 0 Å². The van der Waals surface area contributed by atoms with Gasteiger partial charge in [-0.1, -0.05) is 33.0 Å². The molecule has 0 aromatic heterocycles. The Balaban J connectivity index is 1.84. The third kappa shape index (κ3) is 3.94. The van der Waals surface area contributed by atoms with E-state index < -0.39 is 0 Å². The van der Waals surface area contributed by atoms with Gasteiger partial charge in [0.1, 0.15) is 0 Å². The van der Waals surface area contributed by atoms with Gasteiger partial charge in [0.05, 0.1) is 11.0 Å². The number of amides is 1. The molecule has 2 rings (SSSR count). The number of thiocarbonyl (C=S) groups is 1. The molecule has 0 aliphatic heterocycles. The van der Waals surface area contributed by atoms with Crippen molar-refractivity contribution in [3.63, 3.8) is 0 Å². The Hall–Kier alpha value is -0.640. The van der Waals surface area contributed by atoms with E-state index in [1.54, 1.807) is 0 Å². The highest BCUT2D eigenvalue weighted by molar-refractivity contribution is 7.80. The second kappa shape index (κ2) is 6.00. The number of nitrogens with two attached hydrogens (primary N) is 1. The lowest BCUT2D eigenvalue weighted by Gasteiger charge is -2.36. The van der Waals surface area contributed by atoms with Gasteiger partial charge < -0.3 is 11.1 Å². The molecule has 114 valence electrons. The van der Waals surface area contributed by atoms with Crippen molar-refractivity contribution in [1.82, 2.24) is 5.32 Å². The Labute approximate surface area is 128 Å². The van der Waals surface area contributed by atoms with Gasteiger partial charge in [0, 0.05) is 5.92 Å². The summed E-state index contributed by atoms with van der Waals surface area (Å²) in [5.74, 6) is 1.55. The third-order valence-electron chi connectivity index (χ3n) is 5.02. The van der Waals surface area contributed by atoms with Gasteiger partial charge in [0.25, 0.3) is 0 Å². The molecule has 0 saturated heterocycles. The van der Waals surface area contributed by atoms with Crippen molar-refractivity contribution in [3.8, 4) is 0 Å². The molecule has 1 unspecified atom stereocenters. The standard InChI is InChI=1S/C16H28N2OS/c1-16(2,3)12-8-6-11(7-9-12)15(19)18-13(14(17)20)10-4-5-10/h10-13H,4-9H2,1-3H3,(H2,17,20)(H,18,19). The summed E-state index contributed by atoms with van der Waals surface area (Å²) in [6.45, 7) is 6.90. The van der Waals surface area contributed by atoms with Crippen LogP contribution in [0.5, 0.6) is 0 Å². The molecular formula is C16H28N2OS. The summed E-state index contributed by atoms with van der Waals surface area (Å²) in [6.07, 6.45) is 6.59. The van der Waals surface area contributed by atoms with Gasteiger partial charge in [-0.25, -0.2) is 0 Å². The van der Waals surface area contributed by atoms with Crippen molar-refractivity contribution < 1.29 is 4.79 Å². The van der Waals surface area contributed by atoms with Gasteiger partial charge in [-0.05, 0) is 55.8 Å². The van der Waals surface area contributed by atoms with Crippen LogP contribution in [-0.2, 0) is 4.79 Å². The molecule has 2 fully saturated rings. The minimum Gasteiger partial charge on any atom is -0.392 e.